The lowest BCUT2D eigenvalue weighted by molar-refractivity contribution is -0.136. The van der Waals surface area contributed by atoms with Crippen molar-refractivity contribution in [3.63, 3.8) is 0 Å². The van der Waals surface area contributed by atoms with Crippen molar-refractivity contribution in [3.8, 4) is 0 Å². The van der Waals surface area contributed by atoms with Crippen LogP contribution in [0.4, 0.5) is 0 Å². The van der Waals surface area contributed by atoms with E-state index in [2.05, 4.69) is 10.2 Å². The quantitative estimate of drug-likeness (QED) is 0.849. The van der Waals surface area contributed by atoms with E-state index < -0.39 is 11.2 Å². The third kappa shape index (κ3) is 4.06. The summed E-state index contributed by atoms with van der Waals surface area (Å²) in [4.78, 5) is 11.3. The predicted octanol–water partition coefficient (Wildman–Crippen LogP) is 2.57. The van der Waals surface area contributed by atoms with E-state index in [-0.39, 0.29) is 0 Å². The van der Waals surface area contributed by atoms with E-state index in [4.69, 9.17) is 0 Å². The molecule has 0 fully saturated rings. The van der Waals surface area contributed by atoms with E-state index in [0.717, 1.165) is 11.3 Å². The molecule has 0 aliphatic heterocycles. The van der Waals surface area contributed by atoms with Gasteiger partial charge in [0.25, 0.3) is 0 Å². The van der Waals surface area contributed by atoms with Crippen molar-refractivity contribution in [1.29, 1.82) is 0 Å². The second kappa shape index (κ2) is 6.33. The van der Waals surface area contributed by atoms with E-state index in [0.29, 0.717) is 11.4 Å². The van der Waals surface area contributed by atoms with Crippen LogP contribution in [-0.4, -0.2) is 26.5 Å². The summed E-state index contributed by atoms with van der Waals surface area (Å²) < 4.78 is 0. The number of aromatic nitrogens is 2. The number of aryl methyl sites for hydroxylation is 1. The lowest BCUT2D eigenvalue weighted by Gasteiger charge is -2.11. The maximum atomic E-state index is 11.3. The van der Waals surface area contributed by atoms with Crippen molar-refractivity contribution < 1.29 is 9.90 Å². The molecule has 2 aromatic rings. The number of aliphatic carboxylic acids is 1. The first-order valence-electron chi connectivity index (χ1n) is 5.89. The highest BCUT2D eigenvalue weighted by atomic mass is 32.2. The minimum Gasteiger partial charge on any atom is -0.480 e. The maximum Gasteiger partial charge on any atom is 0.317 e. The third-order valence-electron chi connectivity index (χ3n) is 2.58. The molecule has 1 N–H and O–H groups in total. The molecule has 0 aliphatic rings. The van der Waals surface area contributed by atoms with Gasteiger partial charge in [0.1, 0.15) is 10.3 Å². The molecule has 0 spiro atoms. The molecule has 0 aliphatic carbocycles. The van der Waals surface area contributed by atoms with Crippen molar-refractivity contribution in [3.05, 3.63) is 53.7 Å². The smallest absolute Gasteiger partial charge is 0.317 e. The number of hydrogen-bond acceptors (Lipinski definition) is 4. The van der Waals surface area contributed by atoms with E-state index >= 15 is 0 Å². The number of nitrogens with zero attached hydrogens (tertiary/aromatic N) is 2. The Kier molecular flexibility index (Phi) is 4.52. The molecular formula is C14H14N2O2S. The molecule has 0 bridgehead atoms. The summed E-state index contributed by atoms with van der Waals surface area (Å²) in [6, 6.07) is 13.2. The monoisotopic (exact) mass is 274 g/mol. The van der Waals surface area contributed by atoms with Gasteiger partial charge in [0.2, 0.25) is 0 Å². The van der Waals surface area contributed by atoms with E-state index in [1.807, 2.05) is 43.3 Å². The number of carboxylic acid groups (broad SMARTS) is 1. The van der Waals surface area contributed by atoms with Gasteiger partial charge in [-0.25, -0.2) is 0 Å². The van der Waals surface area contributed by atoms with Crippen molar-refractivity contribution in [2.24, 2.45) is 0 Å². The lowest BCUT2D eigenvalue weighted by atomic mass is 10.1. The van der Waals surface area contributed by atoms with Crippen LogP contribution in [0, 0.1) is 6.92 Å². The van der Waals surface area contributed by atoms with Crippen LogP contribution < -0.4 is 0 Å². The number of rotatable bonds is 5. The summed E-state index contributed by atoms with van der Waals surface area (Å²) in [5.74, 6) is -0.837. The van der Waals surface area contributed by atoms with E-state index in [1.165, 1.54) is 11.8 Å². The van der Waals surface area contributed by atoms with Crippen LogP contribution in [-0.2, 0) is 11.2 Å². The molecule has 98 valence electrons. The molecule has 0 saturated heterocycles. The zero-order valence-electron chi connectivity index (χ0n) is 10.5. The van der Waals surface area contributed by atoms with Gasteiger partial charge in [-0.1, -0.05) is 42.1 Å². The Labute approximate surface area is 115 Å². The van der Waals surface area contributed by atoms with Crippen LogP contribution in [0.2, 0.25) is 0 Å². The number of carbonyl (C=O) groups is 1. The van der Waals surface area contributed by atoms with E-state index in [1.54, 1.807) is 6.07 Å². The van der Waals surface area contributed by atoms with Crippen molar-refractivity contribution >= 4 is 17.7 Å². The summed E-state index contributed by atoms with van der Waals surface area (Å²) in [6.45, 7) is 1.85. The van der Waals surface area contributed by atoms with Crippen LogP contribution in [0.1, 0.15) is 11.3 Å². The highest BCUT2D eigenvalue weighted by Gasteiger charge is 2.20. The largest absolute Gasteiger partial charge is 0.480 e. The standard InChI is InChI=1S/C14H14N2O2S/c1-10-7-8-13(16-15-10)19-12(14(17)18)9-11-5-3-2-4-6-11/h2-8,12H,9H2,1H3,(H,17,18). The van der Waals surface area contributed by atoms with Crippen molar-refractivity contribution in [2.75, 3.05) is 0 Å². The highest BCUT2D eigenvalue weighted by Crippen LogP contribution is 2.24. The number of carboxylic acids is 1. The molecule has 1 aromatic carbocycles. The third-order valence-corrected chi connectivity index (χ3v) is 3.69. The van der Waals surface area contributed by atoms with Crippen LogP contribution in [0.5, 0.6) is 0 Å². The molecule has 2 rings (SSSR count). The normalized spacial score (nSPS) is 12.1. The molecule has 5 heteroatoms. The van der Waals surface area contributed by atoms with Gasteiger partial charge in [0, 0.05) is 0 Å². The predicted molar refractivity (Wildman–Crippen MR) is 74.2 cm³/mol. The summed E-state index contributed by atoms with van der Waals surface area (Å²) in [6.07, 6.45) is 0.469. The van der Waals surface area contributed by atoms with Gasteiger partial charge < -0.3 is 5.11 Å². The zero-order valence-corrected chi connectivity index (χ0v) is 11.3. The topological polar surface area (TPSA) is 63.1 Å². The molecule has 19 heavy (non-hydrogen) atoms. The van der Waals surface area contributed by atoms with Crippen LogP contribution in [0.25, 0.3) is 0 Å². The molecule has 0 radical (unpaired) electrons. The molecule has 1 heterocycles. The second-order valence-electron chi connectivity index (χ2n) is 4.15. The number of benzene rings is 1. The Bertz CT molecular complexity index is 543. The fourth-order valence-corrected chi connectivity index (χ4v) is 2.51. The molecule has 1 aromatic heterocycles. The van der Waals surface area contributed by atoms with Gasteiger partial charge in [-0.2, -0.15) is 5.10 Å². The Balaban J connectivity index is 2.08. The molecule has 0 saturated carbocycles. The van der Waals surface area contributed by atoms with Gasteiger partial charge in [0.15, 0.2) is 0 Å². The first-order chi connectivity index (χ1) is 9.15. The van der Waals surface area contributed by atoms with Crippen molar-refractivity contribution in [2.45, 2.75) is 23.6 Å². The average molecular weight is 274 g/mol. The van der Waals surface area contributed by atoms with Gasteiger partial charge in [-0.3, -0.25) is 4.79 Å². The Morgan fingerprint density at radius 3 is 2.53 bits per heavy atom. The fraction of sp³-hybridized carbons (Fsp3) is 0.214. The minimum atomic E-state index is -0.837. The zero-order chi connectivity index (χ0) is 13.7. The summed E-state index contributed by atoms with van der Waals surface area (Å²) in [5.41, 5.74) is 1.82. The summed E-state index contributed by atoms with van der Waals surface area (Å²) in [7, 11) is 0. The molecule has 1 atom stereocenters. The average Bonchev–Trinajstić information content (AvgIpc) is 2.41. The minimum absolute atomic E-state index is 0.469. The molecule has 4 nitrogen and oxygen atoms in total. The summed E-state index contributed by atoms with van der Waals surface area (Å²) in [5, 5.41) is 17.3. The van der Waals surface area contributed by atoms with Gasteiger partial charge in [0.05, 0.1) is 5.69 Å². The first kappa shape index (κ1) is 13.5. The van der Waals surface area contributed by atoms with Crippen LogP contribution in [0.15, 0.2) is 47.5 Å². The lowest BCUT2D eigenvalue weighted by Crippen LogP contribution is -2.19. The number of thioether (sulfide) groups is 1. The second-order valence-corrected chi connectivity index (χ2v) is 5.37. The van der Waals surface area contributed by atoms with Crippen LogP contribution in [0.3, 0.4) is 0 Å². The molecular weight excluding hydrogens is 260 g/mol. The maximum absolute atomic E-state index is 11.3. The van der Waals surface area contributed by atoms with Gasteiger partial charge in [-0.15, -0.1) is 5.10 Å². The van der Waals surface area contributed by atoms with Gasteiger partial charge in [-0.05, 0) is 31.0 Å². The Morgan fingerprint density at radius 1 is 1.21 bits per heavy atom. The first-order valence-corrected chi connectivity index (χ1v) is 6.77. The highest BCUT2D eigenvalue weighted by molar-refractivity contribution is 8.00. The SMILES string of the molecule is Cc1ccc(SC(Cc2ccccc2)C(=O)O)nn1. The fourth-order valence-electron chi connectivity index (χ4n) is 1.60. The van der Waals surface area contributed by atoms with Crippen LogP contribution >= 0.6 is 11.8 Å². The van der Waals surface area contributed by atoms with Gasteiger partial charge >= 0.3 is 5.97 Å². The number of hydrogen-bond donors (Lipinski definition) is 1. The molecule has 1 unspecified atom stereocenters. The summed E-state index contributed by atoms with van der Waals surface area (Å²) >= 11 is 1.23. The van der Waals surface area contributed by atoms with Crippen molar-refractivity contribution in [1.82, 2.24) is 10.2 Å². The Hall–Kier alpha value is -1.88. The Morgan fingerprint density at radius 2 is 1.95 bits per heavy atom. The molecule has 0 amide bonds. The van der Waals surface area contributed by atoms with E-state index in [9.17, 15) is 9.90 Å².